The van der Waals surface area contributed by atoms with Crippen molar-refractivity contribution in [2.24, 2.45) is 5.10 Å². The fraction of sp³-hybridized carbons (Fsp3) is 0.333. The number of nitrogens with one attached hydrogen (secondary N) is 3. The molecule has 0 heterocycles. The first-order valence-electron chi connectivity index (χ1n) is 11.1. The Labute approximate surface area is 233 Å². The lowest BCUT2D eigenvalue weighted by atomic mass is 10.2. The molecule has 37 heavy (non-hydrogen) atoms. The van der Waals surface area contributed by atoms with Crippen molar-refractivity contribution < 1.29 is 28.6 Å². The minimum absolute atomic E-state index is 0.104. The van der Waals surface area contributed by atoms with Crippen LogP contribution in [0.1, 0.15) is 25.8 Å². The van der Waals surface area contributed by atoms with Crippen LogP contribution >= 0.6 is 39.1 Å². The first kappa shape index (κ1) is 30.4. The second-order valence-electron chi connectivity index (χ2n) is 7.73. The predicted molar refractivity (Wildman–Crippen MR) is 146 cm³/mol. The second kappa shape index (κ2) is 15.4. The molecular formula is C24H27BrCl2N4O6. The van der Waals surface area contributed by atoms with E-state index in [-0.39, 0.29) is 18.5 Å². The number of anilines is 1. The highest BCUT2D eigenvalue weighted by atomic mass is 79.9. The van der Waals surface area contributed by atoms with Gasteiger partial charge in [-0.3, -0.25) is 14.4 Å². The van der Waals surface area contributed by atoms with E-state index in [9.17, 15) is 14.4 Å². The number of amides is 3. The summed E-state index contributed by atoms with van der Waals surface area (Å²) in [5.41, 5.74) is 3.16. The maximum Gasteiger partial charge on any atom is 0.329 e. The zero-order valence-electron chi connectivity index (χ0n) is 20.4. The summed E-state index contributed by atoms with van der Waals surface area (Å²) < 4.78 is 16.8. The van der Waals surface area contributed by atoms with Crippen molar-refractivity contribution in [1.82, 2.24) is 10.7 Å². The number of halogens is 3. The van der Waals surface area contributed by atoms with Gasteiger partial charge in [-0.15, -0.1) is 0 Å². The van der Waals surface area contributed by atoms with Crippen molar-refractivity contribution in [3.63, 3.8) is 0 Å². The van der Waals surface area contributed by atoms with Crippen LogP contribution in [-0.2, 0) is 19.1 Å². The van der Waals surface area contributed by atoms with E-state index in [0.29, 0.717) is 51.1 Å². The van der Waals surface area contributed by atoms with Crippen molar-refractivity contribution in [2.75, 3.05) is 32.2 Å². The van der Waals surface area contributed by atoms with Gasteiger partial charge in [-0.2, -0.15) is 5.10 Å². The second-order valence-corrected chi connectivity index (χ2v) is 9.40. The van der Waals surface area contributed by atoms with Crippen LogP contribution < -0.4 is 25.5 Å². The summed E-state index contributed by atoms with van der Waals surface area (Å²) >= 11 is 15.2. The molecule has 0 saturated heterocycles. The SMILES string of the molecule is COc1cc(/C=N\NC(=O)C(=O)NCCCOC(C)C)cc(Br)c1OCC(=O)Nc1ccc(Cl)c(Cl)c1. The Kier molecular flexibility index (Phi) is 12.6. The Morgan fingerprint density at radius 2 is 1.86 bits per heavy atom. The van der Waals surface area contributed by atoms with Crippen LogP contribution in [0.3, 0.4) is 0 Å². The Balaban J connectivity index is 1.89. The fourth-order valence-electron chi connectivity index (χ4n) is 2.75. The van der Waals surface area contributed by atoms with Crippen molar-refractivity contribution in [3.05, 3.63) is 50.4 Å². The third-order valence-electron chi connectivity index (χ3n) is 4.45. The number of hydrogen-bond donors (Lipinski definition) is 3. The van der Waals surface area contributed by atoms with E-state index < -0.39 is 17.7 Å². The summed E-state index contributed by atoms with van der Waals surface area (Å²) in [7, 11) is 1.43. The highest BCUT2D eigenvalue weighted by molar-refractivity contribution is 9.10. The molecule has 200 valence electrons. The molecule has 0 radical (unpaired) electrons. The highest BCUT2D eigenvalue weighted by Crippen LogP contribution is 2.36. The van der Waals surface area contributed by atoms with Crippen molar-refractivity contribution in [2.45, 2.75) is 26.4 Å². The highest BCUT2D eigenvalue weighted by Gasteiger charge is 2.15. The van der Waals surface area contributed by atoms with E-state index in [1.165, 1.54) is 19.4 Å². The van der Waals surface area contributed by atoms with E-state index in [1.807, 2.05) is 13.8 Å². The van der Waals surface area contributed by atoms with Gasteiger partial charge in [0.25, 0.3) is 5.91 Å². The van der Waals surface area contributed by atoms with Gasteiger partial charge in [0.2, 0.25) is 0 Å². The van der Waals surface area contributed by atoms with Gasteiger partial charge in [0, 0.05) is 18.8 Å². The van der Waals surface area contributed by atoms with Gasteiger partial charge in [-0.1, -0.05) is 23.2 Å². The zero-order valence-corrected chi connectivity index (χ0v) is 23.5. The molecule has 0 aliphatic heterocycles. The Morgan fingerprint density at radius 1 is 1.11 bits per heavy atom. The van der Waals surface area contributed by atoms with Gasteiger partial charge < -0.3 is 24.8 Å². The van der Waals surface area contributed by atoms with Gasteiger partial charge in [-0.05, 0) is 72.1 Å². The van der Waals surface area contributed by atoms with E-state index in [2.05, 4.69) is 37.1 Å². The van der Waals surface area contributed by atoms with Crippen LogP contribution in [0.25, 0.3) is 0 Å². The average molecular weight is 618 g/mol. The first-order valence-corrected chi connectivity index (χ1v) is 12.6. The topological polar surface area (TPSA) is 127 Å². The molecule has 0 aromatic heterocycles. The summed E-state index contributed by atoms with van der Waals surface area (Å²) in [6.45, 7) is 4.31. The lowest BCUT2D eigenvalue weighted by Crippen LogP contribution is -2.38. The summed E-state index contributed by atoms with van der Waals surface area (Å²) in [5.74, 6) is -1.53. The molecule has 3 N–H and O–H groups in total. The van der Waals surface area contributed by atoms with Crippen LogP contribution in [0.2, 0.25) is 10.0 Å². The number of rotatable bonds is 12. The molecule has 0 atom stereocenters. The molecule has 2 rings (SSSR count). The summed E-state index contributed by atoms with van der Waals surface area (Å²) in [6, 6.07) is 7.93. The average Bonchev–Trinajstić information content (AvgIpc) is 2.84. The Morgan fingerprint density at radius 3 is 2.54 bits per heavy atom. The maximum absolute atomic E-state index is 12.3. The summed E-state index contributed by atoms with van der Waals surface area (Å²) in [5, 5.41) is 9.63. The number of methoxy groups -OCH3 is 1. The zero-order chi connectivity index (χ0) is 27.4. The first-order chi connectivity index (χ1) is 17.6. The number of benzene rings is 2. The van der Waals surface area contributed by atoms with Crippen LogP contribution in [0.4, 0.5) is 5.69 Å². The van der Waals surface area contributed by atoms with E-state index >= 15 is 0 Å². The van der Waals surface area contributed by atoms with Gasteiger partial charge in [0.15, 0.2) is 18.1 Å². The van der Waals surface area contributed by atoms with Crippen LogP contribution in [0.15, 0.2) is 39.9 Å². The van der Waals surface area contributed by atoms with Gasteiger partial charge >= 0.3 is 11.8 Å². The standard InChI is InChI=1S/C24H27BrCl2N4O6/c1-14(2)36-8-4-7-28-23(33)24(34)31-29-12-15-9-17(25)22(20(10-15)35-3)37-13-21(32)30-16-5-6-18(26)19(27)11-16/h5-6,9-12,14H,4,7-8,13H2,1-3H3,(H,28,33)(H,30,32)(H,31,34)/b29-12-. The largest absolute Gasteiger partial charge is 0.493 e. The Hall–Kier alpha value is -2.86. The molecule has 0 fully saturated rings. The monoisotopic (exact) mass is 616 g/mol. The molecule has 10 nitrogen and oxygen atoms in total. The molecule has 0 bridgehead atoms. The number of ether oxygens (including phenoxy) is 3. The van der Waals surface area contributed by atoms with Crippen LogP contribution in [-0.4, -0.2) is 56.9 Å². The molecule has 2 aromatic carbocycles. The number of hydrazone groups is 1. The molecule has 0 aliphatic rings. The molecule has 0 unspecified atom stereocenters. The molecule has 3 amide bonds. The summed E-state index contributed by atoms with van der Waals surface area (Å²) in [4.78, 5) is 36.0. The van der Waals surface area contributed by atoms with E-state index in [0.717, 1.165) is 0 Å². The van der Waals surface area contributed by atoms with Crippen LogP contribution in [0, 0.1) is 0 Å². The molecular weight excluding hydrogens is 591 g/mol. The summed E-state index contributed by atoms with van der Waals surface area (Å²) in [6.07, 6.45) is 2.02. The lowest BCUT2D eigenvalue weighted by molar-refractivity contribution is -0.139. The molecule has 0 spiro atoms. The molecule has 0 saturated carbocycles. The fourth-order valence-corrected chi connectivity index (χ4v) is 3.62. The Bertz CT molecular complexity index is 1150. The number of nitrogens with zero attached hydrogens (tertiary/aromatic N) is 1. The quantitative estimate of drug-likeness (QED) is 0.142. The third kappa shape index (κ3) is 10.6. The van der Waals surface area contributed by atoms with E-state index in [1.54, 1.807) is 24.3 Å². The van der Waals surface area contributed by atoms with Crippen molar-refractivity contribution >= 4 is 68.8 Å². The van der Waals surface area contributed by atoms with Gasteiger partial charge in [0.1, 0.15) is 0 Å². The predicted octanol–water partition coefficient (Wildman–Crippen LogP) is 4.16. The molecule has 13 heteroatoms. The number of carbonyl (C=O) groups is 3. The minimum atomic E-state index is -0.903. The van der Waals surface area contributed by atoms with Crippen molar-refractivity contribution in [1.29, 1.82) is 0 Å². The third-order valence-corrected chi connectivity index (χ3v) is 5.77. The van der Waals surface area contributed by atoms with Gasteiger partial charge in [0.05, 0.1) is 33.9 Å². The van der Waals surface area contributed by atoms with Crippen LogP contribution in [0.5, 0.6) is 11.5 Å². The minimum Gasteiger partial charge on any atom is -0.493 e. The lowest BCUT2D eigenvalue weighted by Gasteiger charge is -2.13. The smallest absolute Gasteiger partial charge is 0.329 e. The van der Waals surface area contributed by atoms with Crippen molar-refractivity contribution in [3.8, 4) is 11.5 Å². The number of carbonyl (C=O) groups excluding carboxylic acids is 3. The van der Waals surface area contributed by atoms with E-state index in [4.69, 9.17) is 37.4 Å². The molecule has 0 aliphatic carbocycles. The normalized spacial score (nSPS) is 10.9. The maximum atomic E-state index is 12.3. The number of hydrogen-bond acceptors (Lipinski definition) is 7. The molecule has 2 aromatic rings. The van der Waals surface area contributed by atoms with Gasteiger partial charge in [-0.25, -0.2) is 5.43 Å².